The van der Waals surface area contributed by atoms with Crippen molar-refractivity contribution in [1.29, 1.82) is 0 Å². The zero-order valence-electron chi connectivity index (χ0n) is 10.7. The fraction of sp³-hybridized carbons (Fsp3) is 0.357. The van der Waals surface area contributed by atoms with Crippen molar-refractivity contribution < 1.29 is 0 Å². The van der Waals surface area contributed by atoms with Crippen molar-refractivity contribution in [1.82, 2.24) is 14.9 Å². The van der Waals surface area contributed by atoms with Crippen molar-refractivity contribution in [3.8, 4) is 0 Å². The summed E-state index contributed by atoms with van der Waals surface area (Å²) in [5.74, 6) is 1.07. The van der Waals surface area contributed by atoms with Gasteiger partial charge in [0.15, 0.2) is 0 Å². The van der Waals surface area contributed by atoms with Gasteiger partial charge in [0.1, 0.15) is 5.82 Å². The summed E-state index contributed by atoms with van der Waals surface area (Å²) in [7, 11) is 0. The average Bonchev–Trinajstić information content (AvgIpc) is 2.74. The second-order valence-electron chi connectivity index (χ2n) is 4.64. The van der Waals surface area contributed by atoms with Crippen LogP contribution >= 0.6 is 15.9 Å². The summed E-state index contributed by atoms with van der Waals surface area (Å²) in [5.41, 5.74) is 1.27. The van der Waals surface area contributed by atoms with Crippen LogP contribution in [0, 0.1) is 0 Å². The highest BCUT2D eigenvalue weighted by Gasteiger charge is 2.04. The lowest BCUT2D eigenvalue weighted by molar-refractivity contribution is 0.554. The molecule has 0 unspecified atom stereocenters. The SMILES string of the molecule is CC(C)NCc1nccn1Cc1cccc(Br)c1. The molecule has 0 amide bonds. The van der Waals surface area contributed by atoms with Gasteiger partial charge in [-0.1, -0.05) is 41.9 Å². The first-order valence-corrected chi connectivity index (χ1v) is 6.92. The van der Waals surface area contributed by atoms with E-state index in [0.717, 1.165) is 23.4 Å². The number of hydrogen-bond acceptors (Lipinski definition) is 2. The number of hydrogen-bond donors (Lipinski definition) is 1. The molecule has 0 bridgehead atoms. The first-order valence-electron chi connectivity index (χ1n) is 6.13. The molecular weight excluding hydrogens is 290 g/mol. The lowest BCUT2D eigenvalue weighted by Crippen LogP contribution is -2.24. The molecule has 0 fully saturated rings. The maximum Gasteiger partial charge on any atom is 0.122 e. The molecule has 0 aliphatic carbocycles. The molecule has 0 radical (unpaired) electrons. The van der Waals surface area contributed by atoms with Gasteiger partial charge in [-0.25, -0.2) is 4.98 Å². The molecule has 18 heavy (non-hydrogen) atoms. The van der Waals surface area contributed by atoms with Gasteiger partial charge in [0.2, 0.25) is 0 Å². The number of rotatable bonds is 5. The molecular formula is C14H18BrN3. The van der Waals surface area contributed by atoms with Crippen LogP contribution in [0.25, 0.3) is 0 Å². The number of aromatic nitrogens is 2. The van der Waals surface area contributed by atoms with E-state index in [9.17, 15) is 0 Å². The standard InChI is InChI=1S/C14H18BrN3/c1-11(2)17-9-14-16-6-7-18(14)10-12-4-3-5-13(15)8-12/h3-8,11,17H,9-10H2,1-2H3. The van der Waals surface area contributed by atoms with Gasteiger partial charge < -0.3 is 9.88 Å². The molecule has 1 aromatic carbocycles. The smallest absolute Gasteiger partial charge is 0.122 e. The van der Waals surface area contributed by atoms with E-state index < -0.39 is 0 Å². The number of imidazole rings is 1. The summed E-state index contributed by atoms with van der Waals surface area (Å²) < 4.78 is 3.29. The van der Waals surface area contributed by atoms with Crippen LogP contribution in [0.1, 0.15) is 25.2 Å². The third-order valence-electron chi connectivity index (χ3n) is 2.71. The van der Waals surface area contributed by atoms with Gasteiger partial charge in [-0.2, -0.15) is 0 Å². The summed E-state index contributed by atoms with van der Waals surface area (Å²) >= 11 is 3.50. The number of benzene rings is 1. The van der Waals surface area contributed by atoms with E-state index in [-0.39, 0.29) is 0 Å². The van der Waals surface area contributed by atoms with E-state index in [2.05, 4.69) is 62.8 Å². The summed E-state index contributed by atoms with van der Waals surface area (Å²) in [6.07, 6.45) is 3.88. The highest BCUT2D eigenvalue weighted by molar-refractivity contribution is 9.10. The Morgan fingerprint density at radius 2 is 2.22 bits per heavy atom. The molecule has 0 aliphatic heterocycles. The molecule has 4 heteroatoms. The molecule has 2 rings (SSSR count). The second kappa shape index (κ2) is 6.16. The van der Waals surface area contributed by atoms with E-state index in [0.29, 0.717) is 6.04 Å². The van der Waals surface area contributed by atoms with Gasteiger partial charge in [-0.05, 0) is 17.7 Å². The monoisotopic (exact) mass is 307 g/mol. The highest BCUT2D eigenvalue weighted by Crippen LogP contribution is 2.13. The Labute approximate surface area is 116 Å². The van der Waals surface area contributed by atoms with Gasteiger partial charge >= 0.3 is 0 Å². The van der Waals surface area contributed by atoms with Gasteiger partial charge in [0, 0.05) is 29.5 Å². The average molecular weight is 308 g/mol. The molecule has 0 spiro atoms. The summed E-state index contributed by atoms with van der Waals surface area (Å²) in [6, 6.07) is 8.84. The molecule has 2 aromatic rings. The minimum absolute atomic E-state index is 0.473. The predicted octanol–water partition coefficient (Wildman–Crippen LogP) is 3.19. The zero-order valence-corrected chi connectivity index (χ0v) is 12.3. The van der Waals surface area contributed by atoms with E-state index in [1.165, 1.54) is 5.56 Å². The Morgan fingerprint density at radius 3 is 2.94 bits per heavy atom. The van der Waals surface area contributed by atoms with Crippen LogP contribution in [0.4, 0.5) is 0 Å². The molecule has 0 saturated heterocycles. The van der Waals surface area contributed by atoms with Crippen LogP contribution in [0.15, 0.2) is 41.1 Å². The van der Waals surface area contributed by atoms with E-state index in [4.69, 9.17) is 0 Å². The quantitative estimate of drug-likeness (QED) is 0.919. The van der Waals surface area contributed by atoms with Crippen molar-refractivity contribution in [2.45, 2.75) is 33.0 Å². The highest BCUT2D eigenvalue weighted by atomic mass is 79.9. The Balaban J connectivity index is 2.07. The molecule has 0 saturated carbocycles. The van der Waals surface area contributed by atoms with E-state index in [1.807, 2.05) is 18.5 Å². The molecule has 1 N–H and O–H groups in total. The fourth-order valence-electron chi connectivity index (χ4n) is 1.78. The summed E-state index contributed by atoms with van der Waals surface area (Å²) in [5, 5.41) is 3.39. The molecule has 0 atom stereocenters. The van der Waals surface area contributed by atoms with Gasteiger partial charge in [-0.3, -0.25) is 0 Å². The second-order valence-corrected chi connectivity index (χ2v) is 5.55. The minimum atomic E-state index is 0.473. The summed E-state index contributed by atoms with van der Waals surface area (Å²) in [4.78, 5) is 4.40. The van der Waals surface area contributed by atoms with Gasteiger partial charge in [0.05, 0.1) is 6.54 Å². The topological polar surface area (TPSA) is 29.9 Å². The fourth-order valence-corrected chi connectivity index (χ4v) is 2.23. The maximum absolute atomic E-state index is 4.40. The van der Waals surface area contributed by atoms with Crippen molar-refractivity contribution in [2.24, 2.45) is 0 Å². The van der Waals surface area contributed by atoms with Crippen LogP contribution in [0.5, 0.6) is 0 Å². The molecule has 1 aromatic heterocycles. The van der Waals surface area contributed by atoms with Crippen molar-refractivity contribution in [2.75, 3.05) is 0 Å². The Morgan fingerprint density at radius 1 is 1.39 bits per heavy atom. The lowest BCUT2D eigenvalue weighted by atomic mass is 10.2. The predicted molar refractivity (Wildman–Crippen MR) is 77.4 cm³/mol. The minimum Gasteiger partial charge on any atom is -0.329 e. The number of halogens is 1. The Hall–Kier alpha value is -1.13. The third kappa shape index (κ3) is 3.68. The third-order valence-corrected chi connectivity index (χ3v) is 3.21. The van der Waals surface area contributed by atoms with Crippen LogP contribution in [0.2, 0.25) is 0 Å². The normalized spacial score (nSPS) is 11.1. The van der Waals surface area contributed by atoms with Crippen LogP contribution in [-0.4, -0.2) is 15.6 Å². The van der Waals surface area contributed by atoms with Crippen molar-refractivity contribution in [3.63, 3.8) is 0 Å². The van der Waals surface area contributed by atoms with Crippen LogP contribution in [0.3, 0.4) is 0 Å². The largest absolute Gasteiger partial charge is 0.329 e. The van der Waals surface area contributed by atoms with Gasteiger partial charge in [-0.15, -0.1) is 0 Å². The van der Waals surface area contributed by atoms with Gasteiger partial charge in [0.25, 0.3) is 0 Å². The van der Waals surface area contributed by atoms with Crippen molar-refractivity contribution in [3.05, 3.63) is 52.5 Å². The number of nitrogens with zero attached hydrogens (tertiary/aromatic N) is 2. The zero-order chi connectivity index (χ0) is 13.0. The van der Waals surface area contributed by atoms with E-state index >= 15 is 0 Å². The Bertz CT molecular complexity index is 505. The summed E-state index contributed by atoms with van der Waals surface area (Å²) in [6.45, 7) is 5.94. The van der Waals surface area contributed by atoms with E-state index in [1.54, 1.807) is 0 Å². The van der Waals surface area contributed by atoms with Crippen molar-refractivity contribution >= 4 is 15.9 Å². The Kier molecular flexibility index (Phi) is 4.55. The molecule has 1 heterocycles. The molecule has 3 nitrogen and oxygen atoms in total. The molecule has 96 valence electrons. The van der Waals surface area contributed by atoms with Crippen LogP contribution < -0.4 is 5.32 Å². The first-order chi connectivity index (χ1) is 8.65. The van der Waals surface area contributed by atoms with Crippen LogP contribution in [-0.2, 0) is 13.1 Å². The maximum atomic E-state index is 4.40. The first kappa shape index (κ1) is 13.3. The molecule has 0 aliphatic rings. The lowest BCUT2D eigenvalue weighted by Gasteiger charge is -2.11. The number of nitrogens with one attached hydrogen (secondary N) is 1.